The maximum Gasteiger partial charge on any atom is 0.356 e. The molecule has 2 aromatic heterocycles. The fourth-order valence-corrected chi connectivity index (χ4v) is 3.69. The molecular weight excluding hydrogens is 370 g/mol. The van der Waals surface area contributed by atoms with Crippen molar-refractivity contribution in [3.8, 4) is 0 Å². The molecule has 4 rings (SSSR count). The van der Waals surface area contributed by atoms with Crippen LogP contribution in [0.4, 0.5) is 0 Å². The van der Waals surface area contributed by atoms with Crippen molar-refractivity contribution in [1.29, 1.82) is 0 Å². The molecule has 3 aromatic rings. The Morgan fingerprint density at radius 3 is 2.79 bits per heavy atom. The van der Waals surface area contributed by atoms with Crippen molar-refractivity contribution >= 4 is 22.8 Å². The summed E-state index contributed by atoms with van der Waals surface area (Å²) in [5.74, 6) is -1.21. The minimum atomic E-state index is -1.06. The van der Waals surface area contributed by atoms with Crippen molar-refractivity contribution in [2.24, 2.45) is 0 Å². The summed E-state index contributed by atoms with van der Waals surface area (Å²) >= 11 is 0. The van der Waals surface area contributed by atoms with Crippen LogP contribution in [0.1, 0.15) is 32.1 Å². The van der Waals surface area contributed by atoms with E-state index in [1.165, 1.54) is 0 Å². The molecule has 8 nitrogen and oxygen atoms in total. The number of pyridine rings is 1. The van der Waals surface area contributed by atoms with Crippen LogP contribution in [0.2, 0.25) is 0 Å². The van der Waals surface area contributed by atoms with E-state index >= 15 is 0 Å². The zero-order valence-electron chi connectivity index (χ0n) is 16.5. The van der Waals surface area contributed by atoms with Crippen LogP contribution in [0, 0.1) is 0 Å². The normalized spacial score (nSPS) is 13.7. The second-order valence-corrected chi connectivity index (χ2v) is 7.50. The molecule has 0 unspecified atom stereocenters. The molecule has 1 aliphatic heterocycles. The number of benzene rings is 1. The van der Waals surface area contributed by atoms with Gasteiger partial charge in [0.25, 0.3) is 5.91 Å². The first kappa shape index (κ1) is 19.1. The summed E-state index contributed by atoms with van der Waals surface area (Å²) in [6.45, 7) is 2.14. The second kappa shape index (κ2) is 7.63. The Labute approximate surface area is 168 Å². The second-order valence-electron chi connectivity index (χ2n) is 7.50. The molecule has 29 heavy (non-hydrogen) atoms. The van der Waals surface area contributed by atoms with Gasteiger partial charge in [-0.2, -0.15) is 5.10 Å². The fraction of sp³-hybridized carbons (Fsp3) is 0.333. The lowest BCUT2D eigenvalue weighted by Gasteiger charge is -2.28. The average molecular weight is 393 g/mol. The molecule has 8 heteroatoms. The molecular formula is C21H23N5O3. The number of carbonyl (C=O) groups excluding carboxylic acids is 1. The number of fused-ring (bicyclic) bond motifs is 2. The monoisotopic (exact) mass is 393 g/mol. The Bertz CT molecular complexity index is 1090. The maximum absolute atomic E-state index is 13.1. The molecule has 3 heterocycles. The van der Waals surface area contributed by atoms with Crippen molar-refractivity contribution in [3.05, 3.63) is 59.0 Å². The summed E-state index contributed by atoms with van der Waals surface area (Å²) in [7, 11) is 3.93. The van der Waals surface area contributed by atoms with Gasteiger partial charge in [0.2, 0.25) is 0 Å². The third kappa shape index (κ3) is 3.71. The number of carboxylic acids is 1. The summed E-state index contributed by atoms with van der Waals surface area (Å²) in [6, 6.07) is 9.47. The molecule has 0 spiro atoms. The molecule has 1 aromatic carbocycles. The van der Waals surface area contributed by atoms with Gasteiger partial charge in [0.05, 0.1) is 24.2 Å². The highest BCUT2D eigenvalue weighted by Crippen LogP contribution is 2.25. The molecule has 0 bridgehead atoms. The summed E-state index contributed by atoms with van der Waals surface area (Å²) in [4.78, 5) is 32.9. The highest BCUT2D eigenvalue weighted by atomic mass is 16.4. The van der Waals surface area contributed by atoms with E-state index < -0.39 is 5.97 Å². The van der Waals surface area contributed by atoms with E-state index in [0.29, 0.717) is 30.6 Å². The number of aromatic nitrogens is 3. The minimum Gasteiger partial charge on any atom is -0.476 e. The maximum atomic E-state index is 13.1. The Balaban J connectivity index is 1.61. The third-order valence-electron chi connectivity index (χ3n) is 5.22. The molecule has 0 aliphatic carbocycles. The van der Waals surface area contributed by atoms with Gasteiger partial charge >= 0.3 is 5.97 Å². The van der Waals surface area contributed by atoms with Crippen molar-refractivity contribution in [2.45, 2.75) is 19.5 Å². The Kier molecular flexibility index (Phi) is 5.02. The van der Waals surface area contributed by atoms with Crippen molar-refractivity contribution in [1.82, 2.24) is 24.6 Å². The number of likely N-dealkylation sites (N-methyl/N-ethyl adjacent to an activating group) is 1. The molecule has 0 saturated heterocycles. The van der Waals surface area contributed by atoms with E-state index in [1.807, 2.05) is 49.3 Å². The molecule has 1 aliphatic rings. The third-order valence-corrected chi connectivity index (χ3v) is 5.22. The number of hydrogen-bond acceptors (Lipinski definition) is 5. The predicted molar refractivity (Wildman–Crippen MR) is 108 cm³/mol. The standard InChI is InChI=1S/C21H23N5O3/c1-24(2)9-10-26-18-7-8-25(13-16(18)19(23-26)21(28)29)20(27)15-11-14-5-3-4-6-17(14)22-12-15/h3-6,11-12H,7-10,13H2,1-2H3,(H,28,29). The van der Waals surface area contributed by atoms with Crippen LogP contribution in [-0.2, 0) is 19.5 Å². The minimum absolute atomic E-state index is 0.0351. The summed E-state index contributed by atoms with van der Waals surface area (Å²) < 4.78 is 1.78. The number of aromatic carboxylic acids is 1. The zero-order valence-corrected chi connectivity index (χ0v) is 16.5. The van der Waals surface area contributed by atoms with Gasteiger partial charge < -0.3 is 14.9 Å². The summed E-state index contributed by atoms with van der Waals surface area (Å²) in [6.07, 6.45) is 2.16. The van der Waals surface area contributed by atoms with Gasteiger partial charge in [0.1, 0.15) is 0 Å². The highest BCUT2D eigenvalue weighted by Gasteiger charge is 2.30. The van der Waals surface area contributed by atoms with Crippen molar-refractivity contribution in [2.75, 3.05) is 27.2 Å². The number of carboxylic acid groups (broad SMARTS) is 1. The molecule has 0 saturated carbocycles. The molecule has 0 fully saturated rings. The number of hydrogen-bond donors (Lipinski definition) is 1. The van der Waals surface area contributed by atoms with Crippen LogP contribution in [0.25, 0.3) is 10.9 Å². The quantitative estimate of drug-likeness (QED) is 0.712. The predicted octanol–water partition coefficient (Wildman–Crippen LogP) is 1.89. The van der Waals surface area contributed by atoms with E-state index in [2.05, 4.69) is 10.1 Å². The topological polar surface area (TPSA) is 91.6 Å². The number of amides is 1. The van der Waals surface area contributed by atoms with E-state index in [-0.39, 0.29) is 18.1 Å². The van der Waals surface area contributed by atoms with E-state index in [0.717, 1.165) is 23.1 Å². The molecule has 1 N–H and O–H groups in total. The van der Waals surface area contributed by atoms with Gasteiger partial charge in [-0.3, -0.25) is 14.5 Å². The van der Waals surface area contributed by atoms with E-state index in [9.17, 15) is 14.7 Å². The molecule has 0 atom stereocenters. The lowest BCUT2D eigenvalue weighted by molar-refractivity contribution is 0.0674. The van der Waals surface area contributed by atoms with E-state index in [1.54, 1.807) is 15.8 Å². The van der Waals surface area contributed by atoms with Crippen LogP contribution in [0.5, 0.6) is 0 Å². The molecule has 0 radical (unpaired) electrons. The largest absolute Gasteiger partial charge is 0.476 e. The summed E-state index contributed by atoms with van der Waals surface area (Å²) in [5, 5.41) is 14.8. The smallest absolute Gasteiger partial charge is 0.356 e. The van der Waals surface area contributed by atoms with Gasteiger partial charge in [0, 0.05) is 42.4 Å². The van der Waals surface area contributed by atoms with Gasteiger partial charge in [-0.1, -0.05) is 18.2 Å². The number of para-hydroxylation sites is 1. The highest BCUT2D eigenvalue weighted by molar-refractivity contribution is 5.97. The first-order valence-corrected chi connectivity index (χ1v) is 9.54. The average Bonchev–Trinajstić information content (AvgIpc) is 3.09. The first-order chi connectivity index (χ1) is 13.9. The lowest BCUT2D eigenvalue weighted by Crippen LogP contribution is -2.37. The Morgan fingerprint density at radius 1 is 1.24 bits per heavy atom. The van der Waals surface area contributed by atoms with Crippen LogP contribution in [-0.4, -0.2) is 68.7 Å². The molecule has 150 valence electrons. The first-order valence-electron chi connectivity index (χ1n) is 9.54. The van der Waals surface area contributed by atoms with Gasteiger partial charge in [0.15, 0.2) is 5.69 Å². The van der Waals surface area contributed by atoms with Gasteiger partial charge in [-0.15, -0.1) is 0 Å². The van der Waals surface area contributed by atoms with Crippen LogP contribution in [0.15, 0.2) is 36.5 Å². The molecule has 1 amide bonds. The summed E-state index contributed by atoms with van der Waals surface area (Å²) in [5.41, 5.74) is 2.91. The Morgan fingerprint density at radius 2 is 2.03 bits per heavy atom. The van der Waals surface area contributed by atoms with Crippen LogP contribution >= 0.6 is 0 Å². The zero-order chi connectivity index (χ0) is 20.5. The SMILES string of the molecule is CN(C)CCn1nc(C(=O)O)c2c1CCN(C(=O)c1cnc3ccccc3c1)C2. The van der Waals surface area contributed by atoms with E-state index in [4.69, 9.17) is 0 Å². The van der Waals surface area contributed by atoms with Crippen molar-refractivity contribution in [3.63, 3.8) is 0 Å². The Hall–Kier alpha value is -3.26. The van der Waals surface area contributed by atoms with Crippen LogP contribution in [0.3, 0.4) is 0 Å². The van der Waals surface area contributed by atoms with Crippen molar-refractivity contribution < 1.29 is 14.7 Å². The van der Waals surface area contributed by atoms with Crippen LogP contribution < -0.4 is 0 Å². The number of rotatable bonds is 5. The van der Waals surface area contributed by atoms with Gasteiger partial charge in [-0.05, 0) is 26.2 Å². The lowest BCUT2D eigenvalue weighted by atomic mass is 10.0. The number of nitrogens with zero attached hydrogens (tertiary/aromatic N) is 5. The fourth-order valence-electron chi connectivity index (χ4n) is 3.69. The number of carbonyl (C=O) groups is 2. The van der Waals surface area contributed by atoms with Gasteiger partial charge in [-0.25, -0.2) is 4.79 Å².